The van der Waals surface area contributed by atoms with Gasteiger partial charge in [-0.25, -0.2) is 0 Å². The van der Waals surface area contributed by atoms with Crippen LogP contribution in [0.2, 0.25) is 0 Å². The summed E-state index contributed by atoms with van der Waals surface area (Å²) in [5.74, 6) is 0.409. The van der Waals surface area contributed by atoms with Crippen LogP contribution in [0, 0.1) is 6.92 Å². The maximum absolute atomic E-state index is 13.4. The second kappa shape index (κ2) is 7.84. The highest BCUT2D eigenvalue weighted by atomic mass is 19.4. The number of halogens is 3. The number of alkyl halides is 3. The zero-order valence-electron chi connectivity index (χ0n) is 16.5. The maximum atomic E-state index is 13.4. The van der Waals surface area contributed by atoms with E-state index in [1.165, 1.54) is 4.68 Å². The predicted molar refractivity (Wildman–Crippen MR) is 98.0 cm³/mol. The van der Waals surface area contributed by atoms with Crippen LogP contribution in [0.25, 0.3) is 0 Å². The van der Waals surface area contributed by atoms with Crippen molar-refractivity contribution >= 4 is 5.91 Å². The molecule has 2 aliphatic rings. The van der Waals surface area contributed by atoms with Gasteiger partial charge in [0, 0.05) is 23.9 Å². The molecule has 1 atom stereocenters. The fourth-order valence-corrected chi connectivity index (χ4v) is 4.49. The van der Waals surface area contributed by atoms with Crippen molar-refractivity contribution in [2.24, 2.45) is 0 Å². The molecule has 0 saturated carbocycles. The van der Waals surface area contributed by atoms with E-state index < -0.39 is 11.9 Å². The minimum Gasteiger partial charge on any atom is -0.359 e. The second-order valence-corrected chi connectivity index (χ2v) is 7.96. The van der Waals surface area contributed by atoms with Gasteiger partial charge in [-0.05, 0) is 45.4 Å². The predicted octanol–water partition coefficient (Wildman–Crippen LogP) is 4.22. The molecule has 0 bridgehead atoms. The Bertz CT molecular complexity index is 887. The topological polar surface area (TPSA) is 64.2 Å². The number of aryl methyl sites for hydroxylation is 1. The van der Waals surface area contributed by atoms with E-state index in [4.69, 9.17) is 4.52 Å². The lowest BCUT2D eigenvalue weighted by atomic mass is 9.95. The summed E-state index contributed by atoms with van der Waals surface area (Å²) in [5.41, 5.74) is 0.722. The lowest BCUT2D eigenvalue weighted by Crippen LogP contribution is -2.37. The summed E-state index contributed by atoms with van der Waals surface area (Å²) < 4.78 is 47.0. The van der Waals surface area contributed by atoms with Gasteiger partial charge in [0.2, 0.25) is 5.91 Å². The van der Waals surface area contributed by atoms with Gasteiger partial charge in [0.15, 0.2) is 11.5 Å². The number of hydrogen-bond acceptors (Lipinski definition) is 4. The van der Waals surface area contributed by atoms with Crippen molar-refractivity contribution in [3.8, 4) is 0 Å². The van der Waals surface area contributed by atoms with Crippen LogP contribution in [-0.2, 0) is 30.4 Å². The number of hydrogen-bond donors (Lipinski definition) is 0. The van der Waals surface area contributed by atoms with Crippen molar-refractivity contribution < 1.29 is 22.5 Å². The standard InChI is InChI=1S/C20H25F3N4O2/c1-13-11-17(29-25-13)16-9-3-2-6-10-26(16)18(28)12-27-15-8-5-4-7-14(15)19(24-27)20(21,22)23/h11,16H,2-10,12H2,1H3/t16-/m1/s1. The highest BCUT2D eigenvalue weighted by Crippen LogP contribution is 2.36. The van der Waals surface area contributed by atoms with E-state index in [0.29, 0.717) is 30.8 Å². The minimum absolute atomic E-state index is 0.179. The van der Waals surface area contributed by atoms with Crippen molar-refractivity contribution in [2.45, 2.75) is 77.1 Å². The molecule has 1 amide bonds. The van der Waals surface area contributed by atoms with Gasteiger partial charge < -0.3 is 9.42 Å². The molecular weight excluding hydrogens is 385 g/mol. The fourth-order valence-electron chi connectivity index (χ4n) is 4.49. The van der Waals surface area contributed by atoms with Crippen molar-refractivity contribution in [1.29, 1.82) is 0 Å². The van der Waals surface area contributed by atoms with Crippen molar-refractivity contribution in [3.05, 3.63) is 34.5 Å². The van der Waals surface area contributed by atoms with Crippen LogP contribution in [0.15, 0.2) is 10.6 Å². The first-order valence-electron chi connectivity index (χ1n) is 10.2. The SMILES string of the molecule is Cc1cc([C@H]2CCCCCN2C(=O)Cn2nc(C(F)(F)F)c3c2CCCC3)on1. The number of rotatable bonds is 3. The fraction of sp³-hybridized carbons (Fsp3) is 0.650. The molecule has 2 aromatic heterocycles. The number of likely N-dealkylation sites (tertiary alicyclic amines) is 1. The Labute approximate surface area is 167 Å². The molecule has 158 valence electrons. The van der Waals surface area contributed by atoms with Crippen molar-refractivity contribution in [2.75, 3.05) is 6.54 Å². The number of fused-ring (bicyclic) bond motifs is 1. The molecule has 1 saturated heterocycles. The van der Waals surface area contributed by atoms with Gasteiger partial charge in [-0.2, -0.15) is 18.3 Å². The van der Waals surface area contributed by atoms with Crippen LogP contribution < -0.4 is 0 Å². The molecule has 1 aliphatic heterocycles. The number of nitrogens with zero attached hydrogens (tertiary/aromatic N) is 4. The molecule has 1 fully saturated rings. The lowest BCUT2D eigenvalue weighted by molar-refractivity contribution is -0.143. The molecule has 4 rings (SSSR count). The van der Waals surface area contributed by atoms with Gasteiger partial charge in [0.25, 0.3) is 0 Å². The van der Waals surface area contributed by atoms with Gasteiger partial charge >= 0.3 is 6.18 Å². The quantitative estimate of drug-likeness (QED) is 0.760. The summed E-state index contributed by atoms with van der Waals surface area (Å²) in [7, 11) is 0. The van der Waals surface area contributed by atoms with Crippen molar-refractivity contribution in [1.82, 2.24) is 19.8 Å². The van der Waals surface area contributed by atoms with Gasteiger partial charge in [-0.15, -0.1) is 0 Å². The summed E-state index contributed by atoms with van der Waals surface area (Å²) in [6, 6.07) is 1.59. The Kier molecular flexibility index (Phi) is 5.40. The lowest BCUT2D eigenvalue weighted by Gasteiger charge is -2.28. The Morgan fingerprint density at radius 3 is 2.72 bits per heavy atom. The van der Waals surface area contributed by atoms with Gasteiger partial charge in [0.1, 0.15) is 6.54 Å². The molecular formula is C20H25F3N4O2. The molecule has 0 N–H and O–H groups in total. The number of carbonyl (C=O) groups excluding carboxylic acids is 1. The molecule has 29 heavy (non-hydrogen) atoms. The summed E-state index contributed by atoms with van der Waals surface area (Å²) in [5, 5.41) is 7.76. The van der Waals surface area contributed by atoms with Gasteiger partial charge in [0.05, 0.1) is 11.7 Å². The second-order valence-electron chi connectivity index (χ2n) is 7.96. The van der Waals surface area contributed by atoms with E-state index in [-0.39, 0.29) is 24.1 Å². The zero-order chi connectivity index (χ0) is 20.6. The Morgan fingerprint density at radius 2 is 2.00 bits per heavy atom. The van der Waals surface area contributed by atoms with Crippen molar-refractivity contribution in [3.63, 3.8) is 0 Å². The van der Waals surface area contributed by atoms with E-state index in [2.05, 4.69) is 10.3 Å². The minimum atomic E-state index is -4.50. The van der Waals surface area contributed by atoms with Crippen LogP contribution in [0.4, 0.5) is 13.2 Å². The molecule has 9 heteroatoms. The average molecular weight is 410 g/mol. The van der Waals surface area contributed by atoms with Crippen LogP contribution in [-0.4, -0.2) is 32.3 Å². The van der Waals surface area contributed by atoms with Gasteiger partial charge in [-0.1, -0.05) is 18.0 Å². The molecule has 6 nitrogen and oxygen atoms in total. The first kappa shape index (κ1) is 20.0. The van der Waals surface area contributed by atoms with Crippen LogP contribution in [0.1, 0.15) is 73.0 Å². The molecule has 1 aliphatic carbocycles. The largest absolute Gasteiger partial charge is 0.435 e. The van der Waals surface area contributed by atoms with Crippen LogP contribution >= 0.6 is 0 Å². The Morgan fingerprint density at radius 1 is 1.21 bits per heavy atom. The molecule has 0 radical (unpaired) electrons. The molecule has 0 aromatic carbocycles. The maximum Gasteiger partial charge on any atom is 0.435 e. The first-order chi connectivity index (χ1) is 13.8. The molecule has 2 aromatic rings. The molecule has 3 heterocycles. The van der Waals surface area contributed by atoms with E-state index >= 15 is 0 Å². The zero-order valence-corrected chi connectivity index (χ0v) is 16.5. The monoisotopic (exact) mass is 410 g/mol. The average Bonchev–Trinajstić information content (AvgIpc) is 3.17. The molecule has 0 spiro atoms. The van der Waals surface area contributed by atoms with E-state index in [9.17, 15) is 18.0 Å². The number of aromatic nitrogens is 3. The highest BCUT2D eigenvalue weighted by Gasteiger charge is 2.40. The number of carbonyl (C=O) groups is 1. The normalized spacial score (nSPS) is 20.4. The van der Waals surface area contributed by atoms with E-state index in [0.717, 1.165) is 44.2 Å². The first-order valence-corrected chi connectivity index (χ1v) is 10.2. The highest BCUT2D eigenvalue weighted by molar-refractivity contribution is 5.76. The summed E-state index contributed by atoms with van der Waals surface area (Å²) in [6.45, 7) is 2.20. The summed E-state index contributed by atoms with van der Waals surface area (Å²) >= 11 is 0. The third kappa shape index (κ3) is 4.04. The summed E-state index contributed by atoms with van der Waals surface area (Å²) in [6.07, 6.45) is 1.50. The van der Waals surface area contributed by atoms with Crippen LogP contribution in [0.5, 0.6) is 0 Å². The third-order valence-electron chi connectivity index (χ3n) is 5.86. The Balaban J connectivity index is 1.61. The summed E-state index contributed by atoms with van der Waals surface area (Å²) in [4.78, 5) is 14.9. The van der Waals surface area contributed by atoms with E-state index in [1.807, 2.05) is 13.0 Å². The van der Waals surface area contributed by atoms with E-state index in [1.54, 1.807) is 4.90 Å². The molecule has 0 unspecified atom stereocenters. The smallest absolute Gasteiger partial charge is 0.359 e. The third-order valence-corrected chi connectivity index (χ3v) is 5.86. The number of amides is 1. The Hall–Kier alpha value is -2.32. The van der Waals surface area contributed by atoms with Crippen LogP contribution in [0.3, 0.4) is 0 Å². The van der Waals surface area contributed by atoms with Gasteiger partial charge in [-0.3, -0.25) is 9.48 Å².